The summed E-state index contributed by atoms with van der Waals surface area (Å²) in [7, 11) is 2.01. The van der Waals surface area contributed by atoms with Gasteiger partial charge in [0, 0.05) is 23.8 Å². The number of rotatable bonds is 8. The van der Waals surface area contributed by atoms with Crippen LogP contribution < -0.4 is 5.32 Å². The zero-order valence-electron chi connectivity index (χ0n) is 19.5. The third-order valence-corrected chi connectivity index (χ3v) is 6.33. The number of phenolic OH excluding ortho intramolecular Hbond substituents is 1. The van der Waals surface area contributed by atoms with Crippen molar-refractivity contribution < 1.29 is 9.90 Å². The Hall–Kier alpha value is -1.70. The largest absolute Gasteiger partial charge is 0.507 e. The fraction of sp³-hybridized carbons (Fsp3) is 0.478. The van der Waals surface area contributed by atoms with Crippen molar-refractivity contribution in [3.63, 3.8) is 0 Å². The number of aromatic nitrogens is 1. The maximum absolute atomic E-state index is 12.0. The van der Waals surface area contributed by atoms with Crippen molar-refractivity contribution in [1.82, 2.24) is 14.6 Å². The standard InChI is InChI=1S/C19H25N3O2S2.2C2H6/c1-13-9-17(10-14(2)19(13)24)26-22(4)15(3)25-12-18(23)21-11-16-5-7-20-8-6-16;2*1-2/h5-10,15,24H,11-12H2,1-4H3,(H,21,23);2*1-2H3/t15-;;/m1../s1. The summed E-state index contributed by atoms with van der Waals surface area (Å²) in [6.45, 7) is 14.4. The number of nitrogens with one attached hydrogen (secondary N) is 1. The summed E-state index contributed by atoms with van der Waals surface area (Å²) in [6.07, 6.45) is 3.44. The first-order valence-corrected chi connectivity index (χ1v) is 12.2. The molecule has 0 unspecified atom stereocenters. The van der Waals surface area contributed by atoms with Gasteiger partial charge in [-0.15, -0.1) is 11.8 Å². The molecule has 30 heavy (non-hydrogen) atoms. The van der Waals surface area contributed by atoms with E-state index in [9.17, 15) is 9.90 Å². The summed E-state index contributed by atoms with van der Waals surface area (Å²) in [5, 5.41) is 13.0. The normalized spacial score (nSPS) is 11.0. The number of amides is 1. The van der Waals surface area contributed by atoms with Gasteiger partial charge in [-0.2, -0.15) is 0 Å². The Kier molecular flexibility index (Phi) is 15.1. The van der Waals surface area contributed by atoms with Crippen LogP contribution in [-0.4, -0.2) is 38.5 Å². The van der Waals surface area contributed by atoms with Crippen molar-refractivity contribution >= 4 is 29.6 Å². The predicted octanol–water partition coefficient (Wildman–Crippen LogP) is 5.79. The van der Waals surface area contributed by atoms with E-state index in [0.29, 0.717) is 18.0 Å². The average molecular weight is 452 g/mol. The van der Waals surface area contributed by atoms with Gasteiger partial charge >= 0.3 is 0 Å². The number of aryl methyl sites for hydroxylation is 2. The number of phenols is 1. The summed E-state index contributed by atoms with van der Waals surface area (Å²) in [5.41, 5.74) is 2.78. The number of hydrogen-bond acceptors (Lipinski definition) is 6. The van der Waals surface area contributed by atoms with Crippen LogP contribution in [0.5, 0.6) is 5.75 Å². The topological polar surface area (TPSA) is 65.5 Å². The molecule has 1 aromatic carbocycles. The summed E-state index contributed by atoms with van der Waals surface area (Å²) < 4.78 is 2.12. The third kappa shape index (κ3) is 10.4. The summed E-state index contributed by atoms with van der Waals surface area (Å²) in [4.78, 5) is 17.1. The minimum absolute atomic E-state index is 0.0217. The van der Waals surface area contributed by atoms with Crippen LogP contribution in [0.3, 0.4) is 0 Å². The SMILES string of the molecule is CC.CC.Cc1cc(SN(C)[C@@H](C)SCC(=O)NCc2ccncc2)cc(C)c1O. The molecule has 1 amide bonds. The Morgan fingerprint density at radius 2 is 1.67 bits per heavy atom. The maximum Gasteiger partial charge on any atom is 0.230 e. The third-order valence-electron chi connectivity index (χ3n) is 3.92. The highest BCUT2D eigenvalue weighted by molar-refractivity contribution is 8.02. The van der Waals surface area contributed by atoms with E-state index in [4.69, 9.17) is 0 Å². The maximum atomic E-state index is 12.0. The molecule has 0 bridgehead atoms. The van der Waals surface area contributed by atoms with Crippen molar-refractivity contribution in [1.29, 1.82) is 0 Å². The Labute approximate surface area is 191 Å². The molecule has 0 aliphatic rings. The van der Waals surface area contributed by atoms with Crippen LogP contribution in [0.1, 0.15) is 51.3 Å². The fourth-order valence-corrected chi connectivity index (χ4v) is 4.22. The predicted molar refractivity (Wildman–Crippen MR) is 132 cm³/mol. The minimum Gasteiger partial charge on any atom is -0.507 e. The van der Waals surface area contributed by atoms with Crippen LogP contribution in [0.4, 0.5) is 0 Å². The van der Waals surface area contributed by atoms with Gasteiger partial charge < -0.3 is 10.4 Å². The number of carbonyl (C=O) groups excluding carboxylic acids is 1. The van der Waals surface area contributed by atoms with Gasteiger partial charge in [-0.3, -0.25) is 9.78 Å². The van der Waals surface area contributed by atoms with Crippen molar-refractivity contribution in [3.8, 4) is 5.75 Å². The number of thioether (sulfide) groups is 1. The molecule has 7 heteroatoms. The van der Waals surface area contributed by atoms with Gasteiger partial charge in [-0.05, 0) is 80.7 Å². The van der Waals surface area contributed by atoms with Gasteiger partial charge in [-0.25, -0.2) is 4.31 Å². The van der Waals surface area contributed by atoms with Crippen LogP contribution in [0, 0.1) is 13.8 Å². The van der Waals surface area contributed by atoms with Crippen LogP contribution in [0.25, 0.3) is 0 Å². The molecule has 0 radical (unpaired) electrons. The lowest BCUT2D eigenvalue weighted by molar-refractivity contribution is -0.118. The molecule has 2 aromatic rings. The number of benzene rings is 1. The van der Waals surface area contributed by atoms with Gasteiger partial charge in [0.1, 0.15) is 5.75 Å². The Morgan fingerprint density at radius 3 is 2.20 bits per heavy atom. The van der Waals surface area contributed by atoms with E-state index < -0.39 is 0 Å². The zero-order valence-corrected chi connectivity index (χ0v) is 21.2. The molecular formula is C23H37N3O2S2. The van der Waals surface area contributed by atoms with E-state index >= 15 is 0 Å². The molecule has 0 saturated carbocycles. The fourth-order valence-electron chi connectivity index (χ4n) is 2.26. The van der Waals surface area contributed by atoms with E-state index in [1.807, 2.05) is 72.9 Å². The number of pyridine rings is 1. The quantitative estimate of drug-likeness (QED) is 0.391. The summed E-state index contributed by atoms with van der Waals surface area (Å²) in [5.74, 6) is 0.781. The molecular weight excluding hydrogens is 414 g/mol. The van der Waals surface area contributed by atoms with Crippen LogP contribution in [0.15, 0.2) is 41.6 Å². The van der Waals surface area contributed by atoms with Crippen LogP contribution in [0.2, 0.25) is 0 Å². The average Bonchev–Trinajstić information content (AvgIpc) is 2.77. The Morgan fingerprint density at radius 1 is 1.13 bits per heavy atom. The lowest BCUT2D eigenvalue weighted by Crippen LogP contribution is -2.27. The molecule has 5 nitrogen and oxygen atoms in total. The van der Waals surface area contributed by atoms with Crippen molar-refractivity contribution in [2.24, 2.45) is 0 Å². The Bertz CT molecular complexity index is 719. The summed E-state index contributed by atoms with van der Waals surface area (Å²) >= 11 is 3.20. The second kappa shape index (κ2) is 16.1. The zero-order chi connectivity index (χ0) is 23.1. The molecule has 1 aromatic heterocycles. The van der Waals surface area contributed by atoms with Crippen molar-refractivity contribution in [2.75, 3.05) is 12.8 Å². The van der Waals surface area contributed by atoms with Crippen molar-refractivity contribution in [2.45, 2.75) is 65.3 Å². The number of carbonyl (C=O) groups is 1. The van der Waals surface area contributed by atoms with Gasteiger partial charge in [0.25, 0.3) is 0 Å². The first-order chi connectivity index (χ1) is 14.4. The van der Waals surface area contributed by atoms with Gasteiger partial charge in [-0.1, -0.05) is 27.7 Å². The molecule has 0 saturated heterocycles. The number of hydrogen-bond donors (Lipinski definition) is 2. The highest BCUT2D eigenvalue weighted by Gasteiger charge is 2.14. The molecule has 0 fully saturated rings. The van der Waals surface area contributed by atoms with E-state index in [1.54, 1.807) is 36.1 Å². The number of nitrogens with zero attached hydrogens (tertiary/aromatic N) is 2. The molecule has 1 atom stereocenters. The van der Waals surface area contributed by atoms with E-state index in [-0.39, 0.29) is 11.3 Å². The van der Waals surface area contributed by atoms with Crippen molar-refractivity contribution in [3.05, 3.63) is 53.3 Å². The van der Waals surface area contributed by atoms with Crippen LogP contribution in [-0.2, 0) is 11.3 Å². The molecule has 2 N–H and O–H groups in total. The number of aromatic hydroxyl groups is 1. The second-order valence-electron chi connectivity index (χ2n) is 6.09. The minimum atomic E-state index is 0.0217. The lowest BCUT2D eigenvalue weighted by Gasteiger charge is -2.23. The highest BCUT2D eigenvalue weighted by atomic mass is 32.2. The lowest BCUT2D eigenvalue weighted by atomic mass is 10.1. The van der Waals surface area contributed by atoms with E-state index in [0.717, 1.165) is 21.6 Å². The molecule has 168 valence electrons. The molecule has 2 rings (SSSR count). The molecule has 0 spiro atoms. The van der Waals surface area contributed by atoms with Gasteiger partial charge in [0.15, 0.2) is 0 Å². The summed E-state index contributed by atoms with van der Waals surface area (Å²) in [6, 6.07) is 7.73. The monoisotopic (exact) mass is 451 g/mol. The smallest absolute Gasteiger partial charge is 0.230 e. The first kappa shape index (κ1) is 28.3. The van der Waals surface area contributed by atoms with Gasteiger partial charge in [0.2, 0.25) is 5.91 Å². The van der Waals surface area contributed by atoms with E-state index in [1.165, 1.54) is 0 Å². The molecule has 0 aliphatic carbocycles. The second-order valence-corrected chi connectivity index (χ2v) is 8.62. The first-order valence-electron chi connectivity index (χ1n) is 10.3. The highest BCUT2D eigenvalue weighted by Crippen LogP contribution is 2.32. The Balaban J connectivity index is 0.00000198. The van der Waals surface area contributed by atoms with Gasteiger partial charge in [0.05, 0.1) is 11.1 Å². The van der Waals surface area contributed by atoms with Crippen LogP contribution >= 0.6 is 23.7 Å². The molecule has 1 heterocycles. The van der Waals surface area contributed by atoms with E-state index in [2.05, 4.69) is 21.5 Å². The molecule has 0 aliphatic heterocycles.